The second kappa shape index (κ2) is 10.2. The predicted molar refractivity (Wildman–Crippen MR) is 150 cm³/mol. The number of nitrogens with zero attached hydrogens (tertiary/aromatic N) is 1. The fourth-order valence-electron chi connectivity index (χ4n) is 4.88. The topological polar surface area (TPSA) is 50.8 Å². The molecule has 6 heteroatoms. The molecule has 3 heterocycles. The second-order valence-electron chi connectivity index (χ2n) is 10.8. The van der Waals surface area contributed by atoms with Crippen molar-refractivity contribution < 1.29 is 14.4 Å². The molecule has 2 aliphatic rings. The maximum Gasteiger partial charge on any atom is 0.247 e. The molecular formula is C31H34N2O3S. The molecule has 1 fully saturated rings. The van der Waals surface area contributed by atoms with Crippen molar-refractivity contribution >= 4 is 28.5 Å². The van der Waals surface area contributed by atoms with Gasteiger partial charge in [0.1, 0.15) is 11.4 Å². The van der Waals surface area contributed by atoms with Crippen LogP contribution < -0.4 is 10.2 Å². The molecule has 1 saturated heterocycles. The van der Waals surface area contributed by atoms with E-state index < -0.39 is 5.60 Å². The van der Waals surface area contributed by atoms with Crippen molar-refractivity contribution in [2.24, 2.45) is 0 Å². The van der Waals surface area contributed by atoms with Gasteiger partial charge in [0.2, 0.25) is 5.91 Å². The van der Waals surface area contributed by atoms with Crippen LogP contribution in [0.5, 0.6) is 5.75 Å². The Morgan fingerprint density at radius 1 is 1.08 bits per heavy atom. The van der Waals surface area contributed by atoms with E-state index in [1.807, 2.05) is 29.2 Å². The molecule has 0 aliphatic carbocycles. The third-order valence-corrected chi connectivity index (χ3v) is 7.92. The molecule has 5 rings (SSSR count). The lowest BCUT2D eigenvalue weighted by Crippen LogP contribution is -2.46. The summed E-state index contributed by atoms with van der Waals surface area (Å²) in [5, 5.41) is 4.16. The Labute approximate surface area is 223 Å². The highest BCUT2D eigenvalue weighted by Gasteiger charge is 2.39. The summed E-state index contributed by atoms with van der Waals surface area (Å²) in [6.07, 6.45) is 5.44. The van der Waals surface area contributed by atoms with Crippen LogP contribution in [-0.2, 0) is 15.0 Å². The van der Waals surface area contributed by atoms with Gasteiger partial charge in [0, 0.05) is 37.6 Å². The van der Waals surface area contributed by atoms with Gasteiger partial charge < -0.3 is 9.64 Å². The van der Waals surface area contributed by atoms with Gasteiger partial charge in [-0.15, -0.1) is 0 Å². The molecule has 0 saturated carbocycles. The number of hydrogen-bond acceptors (Lipinski definition) is 5. The number of hydroxylamine groups is 1. The summed E-state index contributed by atoms with van der Waals surface area (Å²) >= 11 is 1.64. The van der Waals surface area contributed by atoms with E-state index in [9.17, 15) is 4.79 Å². The summed E-state index contributed by atoms with van der Waals surface area (Å²) in [6, 6.07) is 18.6. The average molecular weight is 515 g/mol. The number of carbonyl (C=O) groups excluding carboxylic acids is 1. The fourth-order valence-corrected chi connectivity index (χ4v) is 5.53. The molecule has 2 aliphatic heterocycles. The van der Waals surface area contributed by atoms with Crippen molar-refractivity contribution in [2.45, 2.75) is 44.6 Å². The molecule has 2 aromatic carbocycles. The molecule has 0 atom stereocenters. The van der Waals surface area contributed by atoms with Gasteiger partial charge in [-0.3, -0.25) is 15.1 Å². The maximum absolute atomic E-state index is 13.4. The van der Waals surface area contributed by atoms with Crippen LogP contribution in [0, 0.1) is 0 Å². The first kappa shape index (κ1) is 25.3. The zero-order chi connectivity index (χ0) is 26.0. The first-order valence-corrected chi connectivity index (χ1v) is 13.7. The summed E-state index contributed by atoms with van der Waals surface area (Å²) in [5.74, 6) is 0.849. The van der Waals surface area contributed by atoms with Gasteiger partial charge in [-0.25, -0.2) is 0 Å². The lowest BCUT2D eigenvalue weighted by atomic mass is 9.86. The SMILES string of the molecule is COc1cccc(C2=CC3(CCN(C(=O)C=C(c4ccc(C(C)(C)C)cc4)c4ccsc4)CC3)ON2)c1. The molecule has 37 heavy (non-hydrogen) atoms. The number of benzene rings is 2. The number of hydrogen-bond donors (Lipinski definition) is 1. The van der Waals surface area contributed by atoms with Crippen LogP contribution >= 0.6 is 11.3 Å². The van der Waals surface area contributed by atoms with Gasteiger partial charge >= 0.3 is 0 Å². The van der Waals surface area contributed by atoms with Crippen LogP contribution in [0.4, 0.5) is 0 Å². The van der Waals surface area contributed by atoms with Crippen LogP contribution in [0.25, 0.3) is 11.3 Å². The zero-order valence-corrected chi connectivity index (χ0v) is 22.7. The minimum Gasteiger partial charge on any atom is -0.497 e. The molecule has 3 aromatic rings. The van der Waals surface area contributed by atoms with Gasteiger partial charge in [0.25, 0.3) is 0 Å². The highest BCUT2D eigenvalue weighted by atomic mass is 32.1. The third kappa shape index (κ3) is 5.50. The number of nitrogens with one attached hydrogen (secondary N) is 1. The number of methoxy groups -OCH3 is 1. The van der Waals surface area contributed by atoms with Crippen LogP contribution in [0.2, 0.25) is 0 Å². The summed E-state index contributed by atoms with van der Waals surface area (Å²) in [4.78, 5) is 21.4. The molecule has 1 amide bonds. The van der Waals surface area contributed by atoms with Gasteiger partial charge in [-0.05, 0) is 62.7 Å². The molecule has 1 spiro atoms. The number of amides is 1. The standard InChI is InChI=1S/C31H34N2O3S/c1-30(2,3)25-10-8-22(9-11-25)27(24-12-17-37-21-24)19-29(34)33-15-13-31(14-16-33)20-28(32-36-31)23-6-5-7-26(18-23)35-4/h5-12,17-21,32H,13-16H2,1-4H3. The third-order valence-electron chi connectivity index (χ3n) is 7.24. The molecule has 0 radical (unpaired) electrons. The normalized spacial score (nSPS) is 17.5. The summed E-state index contributed by atoms with van der Waals surface area (Å²) in [6.45, 7) is 7.91. The van der Waals surface area contributed by atoms with Crippen molar-refractivity contribution in [1.82, 2.24) is 10.4 Å². The Balaban J connectivity index is 1.32. The Hall–Kier alpha value is -3.35. The predicted octanol–water partition coefficient (Wildman–Crippen LogP) is 6.42. The Morgan fingerprint density at radius 3 is 2.49 bits per heavy atom. The molecule has 0 unspecified atom stereocenters. The van der Waals surface area contributed by atoms with E-state index in [1.165, 1.54) is 5.56 Å². The van der Waals surface area contributed by atoms with Crippen molar-refractivity contribution in [3.63, 3.8) is 0 Å². The smallest absolute Gasteiger partial charge is 0.247 e. The van der Waals surface area contributed by atoms with Crippen LogP contribution in [0.1, 0.15) is 55.9 Å². The van der Waals surface area contributed by atoms with Gasteiger partial charge in [-0.1, -0.05) is 57.2 Å². The van der Waals surface area contributed by atoms with E-state index in [0.717, 1.165) is 46.6 Å². The van der Waals surface area contributed by atoms with Crippen LogP contribution in [-0.4, -0.2) is 36.6 Å². The largest absolute Gasteiger partial charge is 0.497 e. The van der Waals surface area contributed by atoms with E-state index >= 15 is 0 Å². The van der Waals surface area contributed by atoms with Crippen molar-refractivity contribution in [1.29, 1.82) is 0 Å². The van der Waals surface area contributed by atoms with E-state index in [1.54, 1.807) is 24.5 Å². The lowest BCUT2D eigenvalue weighted by molar-refractivity contribution is -0.131. The molecule has 192 valence electrons. The number of thiophene rings is 1. The van der Waals surface area contributed by atoms with E-state index in [4.69, 9.17) is 9.57 Å². The minimum absolute atomic E-state index is 0.0407. The molecule has 5 nitrogen and oxygen atoms in total. The summed E-state index contributed by atoms with van der Waals surface area (Å²) in [7, 11) is 1.67. The highest BCUT2D eigenvalue weighted by molar-refractivity contribution is 7.08. The van der Waals surface area contributed by atoms with Crippen LogP contribution in [0.3, 0.4) is 0 Å². The van der Waals surface area contributed by atoms with Crippen molar-refractivity contribution in [2.75, 3.05) is 20.2 Å². The van der Waals surface area contributed by atoms with E-state index in [-0.39, 0.29) is 11.3 Å². The quantitative estimate of drug-likeness (QED) is 0.399. The number of carbonyl (C=O) groups is 1. The van der Waals surface area contributed by atoms with Gasteiger partial charge in [0.15, 0.2) is 0 Å². The number of rotatable bonds is 5. The molecule has 1 N–H and O–H groups in total. The number of ether oxygens (including phenoxy) is 1. The number of likely N-dealkylation sites (tertiary alicyclic amines) is 1. The Kier molecular flexibility index (Phi) is 6.97. The zero-order valence-electron chi connectivity index (χ0n) is 21.9. The summed E-state index contributed by atoms with van der Waals surface area (Å²) in [5.41, 5.74) is 9.13. The minimum atomic E-state index is -0.405. The highest BCUT2D eigenvalue weighted by Crippen LogP contribution is 2.36. The van der Waals surface area contributed by atoms with Crippen molar-refractivity contribution in [3.05, 3.63) is 99.8 Å². The van der Waals surface area contributed by atoms with Gasteiger partial charge in [-0.2, -0.15) is 11.3 Å². The van der Waals surface area contributed by atoms with Crippen LogP contribution in [0.15, 0.2) is 77.5 Å². The van der Waals surface area contributed by atoms with Crippen molar-refractivity contribution in [3.8, 4) is 5.75 Å². The molecule has 1 aromatic heterocycles. The van der Waals surface area contributed by atoms with Gasteiger partial charge in [0.05, 0.1) is 12.8 Å². The summed E-state index contributed by atoms with van der Waals surface area (Å²) < 4.78 is 5.36. The number of piperidine rings is 1. The molecule has 0 bridgehead atoms. The fraction of sp³-hybridized carbons (Fsp3) is 0.323. The Bertz CT molecular complexity index is 1310. The molecular weight excluding hydrogens is 480 g/mol. The monoisotopic (exact) mass is 514 g/mol. The first-order valence-electron chi connectivity index (χ1n) is 12.7. The average Bonchev–Trinajstić information content (AvgIpc) is 3.58. The maximum atomic E-state index is 13.4. The Morgan fingerprint density at radius 2 is 1.84 bits per heavy atom. The first-order chi connectivity index (χ1) is 17.8. The van der Waals surface area contributed by atoms with E-state index in [0.29, 0.717) is 13.1 Å². The van der Waals surface area contributed by atoms with E-state index in [2.05, 4.69) is 73.4 Å². The second-order valence-corrected chi connectivity index (χ2v) is 11.6. The lowest BCUT2D eigenvalue weighted by Gasteiger charge is -2.36.